The van der Waals surface area contributed by atoms with Gasteiger partial charge in [0.2, 0.25) is 0 Å². The lowest BCUT2D eigenvalue weighted by Gasteiger charge is -2.21. The maximum absolute atomic E-state index is 11.7. The summed E-state index contributed by atoms with van der Waals surface area (Å²) >= 11 is 0. The Labute approximate surface area is 164 Å². The third-order valence-corrected chi connectivity index (χ3v) is 3.80. The smallest absolute Gasteiger partial charge is 0.346 e. The van der Waals surface area contributed by atoms with Crippen molar-refractivity contribution in [3.05, 3.63) is 0 Å². The van der Waals surface area contributed by atoms with Crippen molar-refractivity contribution < 1.29 is 62.5 Å². The number of cyclic esters (lactones) is 2. The Morgan fingerprint density at radius 2 is 0.966 bits per heavy atom. The van der Waals surface area contributed by atoms with Crippen LogP contribution in [0.5, 0.6) is 0 Å². The predicted molar refractivity (Wildman–Crippen MR) is 87.0 cm³/mol. The minimum Gasteiger partial charge on any atom is -0.479 e. The summed E-state index contributed by atoms with van der Waals surface area (Å²) in [6.45, 7) is -0.763. The van der Waals surface area contributed by atoms with E-state index in [-0.39, 0.29) is 52.9 Å². The van der Waals surface area contributed by atoms with Crippen LogP contribution in [0.15, 0.2) is 0 Å². The molecular formula is C16H22O13. The second-order valence-electron chi connectivity index (χ2n) is 5.81. The van der Waals surface area contributed by atoms with Crippen LogP contribution in [0.3, 0.4) is 0 Å². The first-order valence-corrected chi connectivity index (χ1v) is 8.75. The molecule has 0 saturated carbocycles. The molecule has 4 unspecified atom stereocenters. The van der Waals surface area contributed by atoms with Crippen LogP contribution >= 0.6 is 0 Å². The number of aliphatic carboxylic acids is 2. The first kappa shape index (κ1) is 23.1. The molecule has 13 nitrogen and oxygen atoms in total. The predicted octanol–water partition coefficient (Wildman–Crippen LogP) is -2.17. The van der Waals surface area contributed by atoms with Gasteiger partial charge in [-0.05, 0) is 0 Å². The van der Waals surface area contributed by atoms with Crippen molar-refractivity contribution in [1.29, 1.82) is 0 Å². The van der Waals surface area contributed by atoms with Crippen LogP contribution in [0.1, 0.15) is 0 Å². The summed E-state index contributed by atoms with van der Waals surface area (Å²) in [6.07, 6.45) is -5.93. The maximum atomic E-state index is 11.7. The van der Waals surface area contributed by atoms with E-state index in [1.165, 1.54) is 0 Å². The fourth-order valence-electron chi connectivity index (χ4n) is 2.49. The highest BCUT2D eigenvalue weighted by Crippen LogP contribution is 2.17. The zero-order valence-electron chi connectivity index (χ0n) is 15.4. The van der Waals surface area contributed by atoms with Gasteiger partial charge in [-0.1, -0.05) is 0 Å². The van der Waals surface area contributed by atoms with Gasteiger partial charge in [-0.3, -0.25) is 0 Å². The van der Waals surface area contributed by atoms with Crippen LogP contribution < -0.4 is 0 Å². The molecule has 2 saturated heterocycles. The minimum atomic E-state index is -1.74. The molecule has 0 radical (unpaired) electrons. The number of esters is 2. The van der Waals surface area contributed by atoms with Gasteiger partial charge in [0.05, 0.1) is 52.9 Å². The van der Waals surface area contributed by atoms with Gasteiger partial charge < -0.3 is 43.4 Å². The Hall–Kier alpha value is -2.16. The molecule has 29 heavy (non-hydrogen) atoms. The van der Waals surface area contributed by atoms with E-state index < -0.39 is 48.3 Å². The zero-order valence-corrected chi connectivity index (χ0v) is 15.4. The monoisotopic (exact) mass is 422 g/mol. The van der Waals surface area contributed by atoms with Crippen molar-refractivity contribution in [2.24, 2.45) is 0 Å². The normalized spacial score (nSPS) is 31.2. The molecular weight excluding hydrogens is 400 g/mol. The highest BCUT2D eigenvalue weighted by Gasteiger charge is 2.46. The highest BCUT2D eigenvalue weighted by atomic mass is 16.7. The molecule has 0 aromatic heterocycles. The minimum absolute atomic E-state index is 0.00619. The molecule has 2 fully saturated rings. The van der Waals surface area contributed by atoms with E-state index in [1.54, 1.807) is 0 Å². The van der Waals surface area contributed by atoms with Crippen molar-refractivity contribution in [2.45, 2.75) is 24.4 Å². The summed E-state index contributed by atoms with van der Waals surface area (Å²) in [5, 5.41) is 18.4. The molecule has 164 valence electrons. The summed E-state index contributed by atoms with van der Waals surface area (Å²) in [7, 11) is 0. The van der Waals surface area contributed by atoms with Gasteiger partial charge in [-0.25, -0.2) is 19.2 Å². The maximum Gasteiger partial charge on any atom is 0.346 e. The van der Waals surface area contributed by atoms with Gasteiger partial charge in [0.1, 0.15) is 0 Å². The summed E-state index contributed by atoms with van der Waals surface area (Å²) in [4.78, 5) is 46.0. The highest BCUT2D eigenvalue weighted by molar-refractivity contribution is 5.99. The van der Waals surface area contributed by atoms with Crippen LogP contribution in [-0.2, 0) is 52.3 Å². The fraction of sp³-hybridized carbons (Fsp3) is 0.750. The molecule has 0 aromatic carbocycles. The molecule has 2 heterocycles. The number of carboxylic acids is 2. The Balaban J connectivity index is 1.94. The number of carbonyl (C=O) groups excluding carboxylic acids is 2. The van der Waals surface area contributed by atoms with Crippen LogP contribution in [-0.4, -0.2) is 111 Å². The topological polar surface area (TPSA) is 173 Å². The standard InChI is InChI=1S/C16H22O13/c17-13(18)9-10(14(19)20)26-6-2-24-4-8-28-12-11(15(21)29-16(12)22)27-7-3-23-1-5-25-9/h9-12H,1-8H2,(H,17,18)(H,19,20). The molecule has 0 aliphatic carbocycles. The lowest BCUT2D eigenvalue weighted by molar-refractivity contribution is -0.179. The Morgan fingerprint density at radius 3 is 1.31 bits per heavy atom. The molecule has 0 bridgehead atoms. The average molecular weight is 422 g/mol. The molecule has 2 aliphatic rings. The van der Waals surface area contributed by atoms with Crippen molar-refractivity contribution in [1.82, 2.24) is 0 Å². The number of fused-ring (bicyclic) bond motifs is 1. The van der Waals surface area contributed by atoms with Crippen molar-refractivity contribution in [3.8, 4) is 0 Å². The van der Waals surface area contributed by atoms with Crippen molar-refractivity contribution in [2.75, 3.05) is 52.9 Å². The number of ether oxygens (including phenoxy) is 7. The average Bonchev–Trinajstić information content (AvgIpc) is 2.92. The van der Waals surface area contributed by atoms with Crippen molar-refractivity contribution >= 4 is 23.9 Å². The van der Waals surface area contributed by atoms with Gasteiger partial charge in [-0.2, -0.15) is 0 Å². The van der Waals surface area contributed by atoms with E-state index in [2.05, 4.69) is 4.74 Å². The van der Waals surface area contributed by atoms with E-state index in [0.29, 0.717) is 0 Å². The number of carbonyl (C=O) groups is 4. The summed E-state index contributed by atoms with van der Waals surface area (Å²) in [6, 6.07) is 0. The van der Waals surface area contributed by atoms with E-state index in [4.69, 9.17) is 28.4 Å². The second-order valence-corrected chi connectivity index (χ2v) is 5.81. The van der Waals surface area contributed by atoms with Gasteiger partial charge in [-0.15, -0.1) is 0 Å². The molecule has 0 spiro atoms. The van der Waals surface area contributed by atoms with E-state index >= 15 is 0 Å². The lowest BCUT2D eigenvalue weighted by Crippen LogP contribution is -2.44. The number of hydrogen-bond donors (Lipinski definition) is 2. The molecule has 0 amide bonds. The fourth-order valence-corrected chi connectivity index (χ4v) is 2.49. The Kier molecular flexibility index (Phi) is 9.37. The van der Waals surface area contributed by atoms with Gasteiger partial charge in [0.15, 0.2) is 24.4 Å². The summed E-state index contributed by atoms with van der Waals surface area (Å²) < 4.78 is 35.6. The largest absolute Gasteiger partial charge is 0.479 e. The first-order valence-electron chi connectivity index (χ1n) is 8.75. The third kappa shape index (κ3) is 6.99. The van der Waals surface area contributed by atoms with Crippen molar-refractivity contribution in [3.63, 3.8) is 0 Å². The molecule has 2 rings (SSSR count). The number of hydrogen-bond acceptors (Lipinski definition) is 11. The zero-order chi connectivity index (χ0) is 21.2. The Bertz CT molecular complexity index is 541. The summed E-state index contributed by atoms with van der Waals surface area (Å²) in [5.41, 5.74) is 0. The third-order valence-electron chi connectivity index (χ3n) is 3.80. The SMILES string of the molecule is O=C(O)C1OCCOCCOC2C(=O)OC(=O)C2OCCOCCOC1C(=O)O. The van der Waals surface area contributed by atoms with Crippen LogP contribution in [0.4, 0.5) is 0 Å². The van der Waals surface area contributed by atoms with Gasteiger partial charge >= 0.3 is 23.9 Å². The van der Waals surface area contributed by atoms with E-state index in [0.717, 1.165) is 0 Å². The van der Waals surface area contributed by atoms with Gasteiger partial charge in [0, 0.05) is 0 Å². The number of rotatable bonds is 2. The molecule has 0 aromatic rings. The molecule has 2 N–H and O–H groups in total. The number of carboxylic acid groups (broad SMARTS) is 2. The molecule has 2 aliphatic heterocycles. The van der Waals surface area contributed by atoms with E-state index in [9.17, 15) is 29.4 Å². The van der Waals surface area contributed by atoms with Crippen LogP contribution in [0, 0.1) is 0 Å². The van der Waals surface area contributed by atoms with Crippen LogP contribution in [0.25, 0.3) is 0 Å². The summed E-state index contributed by atoms with van der Waals surface area (Å²) in [5.74, 6) is -4.73. The Morgan fingerprint density at radius 1 is 0.621 bits per heavy atom. The lowest BCUT2D eigenvalue weighted by atomic mass is 10.2. The second kappa shape index (κ2) is 11.7. The quantitative estimate of drug-likeness (QED) is 0.364. The molecule has 4 atom stereocenters. The molecule has 13 heteroatoms. The van der Waals surface area contributed by atoms with E-state index in [1.807, 2.05) is 0 Å². The first-order chi connectivity index (χ1) is 13.9. The van der Waals surface area contributed by atoms with Crippen LogP contribution in [0.2, 0.25) is 0 Å². The van der Waals surface area contributed by atoms with Gasteiger partial charge in [0.25, 0.3) is 0 Å².